The van der Waals surface area contributed by atoms with Crippen LogP contribution in [0.2, 0.25) is 0 Å². The Hall–Kier alpha value is -0.840. The van der Waals surface area contributed by atoms with E-state index in [0.717, 1.165) is 30.3 Å². The van der Waals surface area contributed by atoms with Crippen LogP contribution in [-0.2, 0) is 4.79 Å². The van der Waals surface area contributed by atoms with Gasteiger partial charge < -0.3 is 4.52 Å². The predicted octanol–water partition coefficient (Wildman–Crippen LogP) is 3.54. The molecule has 4 nitrogen and oxygen atoms in total. The summed E-state index contributed by atoms with van der Waals surface area (Å²) in [6.45, 7) is 2.26. The van der Waals surface area contributed by atoms with E-state index in [9.17, 15) is 4.79 Å². The van der Waals surface area contributed by atoms with Gasteiger partial charge in [-0.2, -0.15) is 16.7 Å². The van der Waals surface area contributed by atoms with Crippen molar-refractivity contribution in [3.8, 4) is 0 Å². The number of hydrogen-bond donors (Lipinski definition) is 0. The monoisotopic (exact) mass is 294 g/mol. The Morgan fingerprint density at radius 1 is 1.30 bits per heavy atom. The van der Waals surface area contributed by atoms with Gasteiger partial charge in [-0.3, -0.25) is 4.79 Å². The summed E-state index contributed by atoms with van der Waals surface area (Å²) in [6, 6.07) is 0. The maximum atomic E-state index is 11.7. The molecule has 1 saturated heterocycles. The average Bonchev–Trinajstić information content (AvgIpc) is 3.08. The Balaban J connectivity index is 1.61. The molecule has 2 fully saturated rings. The molecular weight excluding hydrogens is 272 g/mol. The molecule has 5 heteroatoms. The van der Waals surface area contributed by atoms with Crippen molar-refractivity contribution in [1.82, 2.24) is 10.1 Å². The third kappa shape index (κ3) is 2.92. The quantitative estimate of drug-likeness (QED) is 0.850. The first-order valence-corrected chi connectivity index (χ1v) is 8.87. The fourth-order valence-electron chi connectivity index (χ4n) is 3.35. The molecule has 20 heavy (non-hydrogen) atoms. The third-order valence-electron chi connectivity index (χ3n) is 4.58. The minimum atomic E-state index is -0.155. The number of carbonyl (C=O) groups is 1. The number of ketones is 1. The Labute approximate surface area is 124 Å². The van der Waals surface area contributed by atoms with E-state index in [1.807, 2.05) is 0 Å². The summed E-state index contributed by atoms with van der Waals surface area (Å²) in [5.74, 6) is 4.16. The van der Waals surface area contributed by atoms with Crippen LogP contribution in [0.15, 0.2) is 4.52 Å². The van der Waals surface area contributed by atoms with Gasteiger partial charge in [-0.15, -0.1) is 0 Å². The Morgan fingerprint density at radius 3 is 2.75 bits per heavy atom. The topological polar surface area (TPSA) is 56.0 Å². The fourth-order valence-corrected chi connectivity index (χ4v) is 4.44. The second kappa shape index (κ2) is 6.29. The van der Waals surface area contributed by atoms with Crippen LogP contribution in [0.1, 0.15) is 69.0 Å². The average molecular weight is 294 g/mol. The van der Waals surface area contributed by atoms with Crippen molar-refractivity contribution in [3.05, 3.63) is 11.7 Å². The van der Waals surface area contributed by atoms with Gasteiger partial charge in [-0.05, 0) is 31.6 Å². The van der Waals surface area contributed by atoms with Gasteiger partial charge in [0, 0.05) is 11.7 Å². The molecule has 110 valence electrons. The second-order valence-corrected chi connectivity index (χ2v) is 7.06. The summed E-state index contributed by atoms with van der Waals surface area (Å²) < 4.78 is 5.35. The number of Topliss-reactive ketones (excluding diaryl/α,β-unsaturated/α-hetero) is 1. The van der Waals surface area contributed by atoms with Crippen LogP contribution in [0, 0.1) is 5.92 Å². The van der Waals surface area contributed by atoms with Gasteiger partial charge in [0.15, 0.2) is 11.6 Å². The van der Waals surface area contributed by atoms with Gasteiger partial charge in [0.25, 0.3) is 0 Å². The van der Waals surface area contributed by atoms with Crippen LogP contribution in [0.5, 0.6) is 0 Å². The standard InChI is InChI=1S/C15H22N2O2S/c1-2-3-10-4-6-11(7-5-10)14-16-15(19-17-14)12-8-20-9-13(12)18/h10-12H,2-9H2,1H3. The first kappa shape index (κ1) is 14.1. The van der Waals surface area contributed by atoms with Gasteiger partial charge in [0.2, 0.25) is 5.89 Å². The van der Waals surface area contributed by atoms with Crippen LogP contribution in [0.25, 0.3) is 0 Å². The van der Waals surface area contributed by atoms with Gasteiger partial charge in [-0.25, -0.2) is 0 Å². The summed E-state index contributed by atoms with van der Waals surface area (Å²) in [4.78, 5) is 16.3. The molecule has 1 saturated carbocycles. The zero-order chi connectivity index (χ0) is 13.9. The smallest absolute Gasteiger partial charge is 0.238 e. The molecule has 0 spiro atoms. The fraction of sp³-hybridized carbons (Fsp3) is 0.800. The Bertz CT molecular complexity index is 466. The molecule has 0 N–H and O–H groups in total. The van der Waals surface area contributed by atoms with Crippen molar-refractivity contribution in [2.45, 2.75) is 57.3 Å². The molecule has 0 amide bonds. The first-order chi connectivity index (χ1) is 9.78. The molecule has 1 aliphatic heterocycles. The molecule has 1 aromatic heterocycles. The lowest BCUT2D eigenvalue weighted by atomic mass is 9.80. The summed E-state index contributed by atoms with van der Waals surface area (Å²) in [7, 11) is 0. The number of aromatic nitrogens is 2. The van der Waals surface area contributed by atoms with Gasteiger partial charge in [0.1, 0.15) is 5.92 Å². The van der Waals surface area contributed by atoms with E-state index in [-0.39, 0.29) is 11.7 Å². The highest BCUT2D eigenvalue weighted by Gasteiger charge is 2.33. The maximum Gasteiger partial charge on any atom is 0.238 e. The number of rotatable bonds is 4. The van der Waals surface area contributed by atoms with E-state index in [4.69, 9.17) is 4.52 Å². The zero-order valence-corrected chi connectivity index (χ0v) is 12.8. The van der Waals surface area contributed by atoms with Crippen LogP contribution in [0.3, 0.4) is 0 Å². The van der Waals surface area contributed by atoms with E-state index in [0.29, 0.717) is 17.6 Å². The molecule has 3 rings (SSSR count). The summed E-state index contributed by atoms with van der Waals surface area (Å²) in [5.41, 5.74) is 0. The lowest BCUT2D eigenvalue weighted by Gasteiger charge is -2.26. The van der Waals surface area contributed by atoms with Crippen LogP contribution in [0.4, 0.5) is 0 Å². The molecule has 0 radical (unpaired) electrons. The van der Waals surface area contributed by atoms with Crippen LogP contribution < -0.4 is 0 Å². The molecular formula is C15H22N2O2S. The van der Waals surface area contributed by atoms with Crippen molar-refractivity contribution in [1.29, 1.82) is 0 Å². The molecule has 0 aromatic carbocycles. The highest BCUT2D eigenvalue weighted by atomic mass is 32.2. The lowest BCUT2D eigenvalue weighted by molar-refractivity contribution is -0.117. The number of carbonyl (C=O) groups excluding carboxylic acids is 1. The van der Waals surface area contributed by atoms with Gasteiger partial charge >= 0.3 is 0 Å². The molecule has 2 heterocycles. The minimum absolute atomic E-state index is 0.155. The predicted molar refractivity (Wildman–Crippen MR) is 79.0 cm³/mol. The van der Waals surface area contributed by atoms with E-state index in [2.05, 4.69) is 17.1 Å². The number of nitrogens with zero attached hydrogens (tertiary/aromatic N) is 2. The van der Waals surface area contributed by atoms with Crippen LogP contribution >= 0.6 is 11.8 Å². The summed E-state index contributed by atoms with van der Waals surface area (Å²) in [5, 5.41) is 4.14. The SMILES string of the molecule is CCCC1CCC(c2noc(C3CSCC3=O)n2)CC1. The first-order valence-electron chi connectivity index (χ1n) is 7.72. The van der Waals surface area contributed by atoms with Crippen LogP contribution in [-0.4, -0.2) is 27.4 Å². The van der Waals surface area contributed by atoms with Crippen molar-refractivity contribution in [3.63, 3.8) is 0 Å². The molecule has 1 aliphatic carbocycles. The van der Waals surface area contributed by atoms with Gasteiger partial charge in [-0.1, -0.05) is 24.9 Å². The summed E-state index contributed by atoms with van der Waals surface area (Å²) in [6.07, 6.45) is 7.51. The van der Waals surface area contributed by atoms with Crippen molar-refractivity contribution < 1.29 is 9.32 Å². The van der Waals surface area contributed by atoms with E-state index >= 15 is 0 Å². The molecule has 0 bridgehead atoms. The molecule has 1 unspecified atom stereocenters. The lowest BCUT2D eigenvalue weighted by Crippen LogP contribution is -2.14. The molecule has 1 atom stereocenters. The highest BCUT2D eigenvalue weighted by Crippen LogP contribution is 2.37. The third-order valence-corrected chi connectivity index (χ3v) is 5.64. The zero-order valence-electron chi connectivity index (χ0n) is 12.0. The van der Waals surface area contributed by atoms with E-state index in [1.165, 1.54) is 25.7 Å². The Morgan fingerprint density at radius 2 is 2.10 bits per heavy atom. The highest BCUT2D eigenvalue weighted by molar-refractivity contribution is 8.00. The maximum absolute atomic E-state index is 11.7. The summed E-state index contributed by atoms with van der Waals surface area (Å²) >= 11 is 1.66. The largest absolute Gasteiger partial charge is 0.339 e. The number of thioether (sulfide) groups is 1. The second-order valence-electron chi connectivity index (χ2n) is 6.03. The Kier molecular flexibility index (Phi) is 4.44. The van der Waals surface area contributed by atoms with E-state index in [1.54, 1.807) is 11.8 Å². The molecule has 2 aliphatic rings. The normalized spacial score (nSPS) is 30.9. The molecule has 1 aromatic rings. The van der Waals surface area contributed by atoms with Gasteiger partial charge in [0.05, 0.1) is 5.75 Å². The van der Waals surface area contributed by atoms with E-state index < -0.39 is 0 Å². The van der Waals surface area contributed by atoms with Crippen molar-refractivity contribution in [2.24, 2.45) is 5.92 Å². The van der Waals surface area contributed by atoms with Crippen molar-refractivity contribution >= 4 is 17.5 Å². The number of hydrogen-bond acceptors (Lipinski definition) is 5. The minimum Gasteiger partial charge on any atom is -0.339 e. The van der Waals surface area contributed by atoms with Crippen molar-refractivity contribution in [2.75, 3.05) is 11.5 Å².